The minimum absolute atomic E-state index is 0.112. The Labute approximate surface area is 145 Å². The van der Waals surface area contributed by atoms with Crippen LogP contribution in [0.4, 0.5) is 0 Å². The highest BCUT2D eigenvalue weighted by atomic mass is 16.7. The van der Waals surface area contributed by atoms with Gasteiger partial charge in [-0.25, -0.2) is 0 Å². The molecule has 0 aliphatic carbocycles. The van der Waals surface area contributed by atoms with Gasteiger partial charge < -0.3 is 28.8 Å². The van der Waals surface area contributed by atoms with E-state index in [0.717, 1.165) is 0 Å². The molecule has 25 heavy (non-hydrogen) atoms. The summed E-state index contributed by atoms with van der Waals surface area (Å²) in [5.74, 6) is -1.91. The molecule has 0 unspecified atom stereocenters. The molecule has 1 N–H and O–H groups in total. The van der Waals surface area contributed by atoms with Crippen LogP contribution in [0, 0.1) is 0 Å². The van der Waals surface area contributed by atoms with Crippen molar-refractivity contribution in [3.63, 3.8) is 0 Å². The number of rotatable bonds is 8. The van der Waals surface area contributed by atoms with Gasteiger partial charge in [0.15, 0.2) is 24.6 Å². The molecule has 0 spiro atoms. The average molecular weight is 360 g/mol. The predicted molar refractivity (Wildman–Crippen MR) is 83.2 cm³/mol. The van der Waals surface area contributed by atoms with E-state index in [0.29, 0.717) is 6.42 Å². The van der Waals surface area contributed by atoms with Gasteiger partial charge in [0.2, 0.25) is 0 Å². The highest BCUT2D eigenvalue weighted by Crippen LogP contribution is 2.25. The van der Waals surface area contributed by atoms with Gasteiger partial charge in [0.05, 0.1) is 19.3 Å². The lowest BCUT2D eigenvalue weighted by Crippen LogP contribution is -2.58. The molecule has 0 aromatic heterocycles. The number of carbonyl (C=O) groups is 3. The first-order valence-electron chi connectivity index (χ1n) is 7.78. The van der Waals surface area contributed by atoms with Crippen molar-refractivity contribution in [2.24, 2.45) is 0 Å². The third kappa shape index (κ3) is 7.20. The largest absolute Gasteiger partial charge is 0.456 e. The number of hydrogen-bond acceptors (Lipinski definition) is 9. The van der Waals surface area contributed by atoms with E-state index in [9.17, 15) is 19.5 Å². The molecule has 1 aliphatic rings. The molecule has 0 bridgehead atoms. The zero-order valence-corrected chi connectivity index (χ0v) is 14.5. The first-order chi connectivity index (χ1) is 11.7. The van der Waals surface area contributed by atoms with Gasteiger partial charge in [0.25, 0.3) is 0 Å². The molecule has 5 atom stereocenters. The van der Waals surface area contributed by atoms with Crippen molar-refractivity contribution in [2.45, 2.75) is 57.9 Å². The van der Waals surface area contributed by atoms with Crippen molar-refractivity contribution < 1.29 is 43.2 Å². The molecule has 0 aromatic rings. The zero-order valence-electron chi connectivity index (χ0n) is 14.5. The summed E-state index contributed by atoms with van der Waals surface area (Å²) in [5.41, 5.74) is 0. The van der Waals surface area contributed by atoms with Crippen molar-refractivity contribution >= 4 is 17.9 Å². The van der Waals surface area contributed by atoms with Gasteiger partial charge in [-0.1, -0.05) is 6.08 Å². The van der Waals surface area contributed by atoms with Gasteiger partial charge in [-0.05, 0) is 6.42 Å². The highest BCUT2D eigenvalue weighted by molar-refractivity contribution is 5.68. The smallest absolute Gasteiger partial charge is 0.303 e. The molecule has 1 heterocycles. The average Bonchev–Trinajstić information content (AvgIpc) is 2.48. The second-order valence-electron chi connectivity index (χ2n) is 5.51. The van der Waals surface area contributed by atoms with Crippen LogP contribution >= 0.6 is 0 Å². The molecular formula is C16H24O9. The number of ether oxygens (including phenoxy) is 5. The monoisotopic (exact) mass is 360 g/mol. The second kappa shape index (κ2) is 10.1. The number of aliphatic hydroxyl groups is 1. The fraction of sp³-hybridized carbons (Fsp3) is 0.688. The van der Waals surface area contributed by atoms with Gasteiger partial charge in [0, 0.05) is 20.8 Å². The molecular weight excluding hydrogens is 336 g/mol. The van der Waals surface area contributed by atoms with Crippen LogP contribution in [0.5, 0.6) is 0 Å². The van der Waals surface area contributed by atoms with Crippen LogP contribution in [0.25, 0.3) is 0 Å². The second-order valence-corrected chi connectivity index (χ2v) is 5.51. The van der Waals surface area contributed by atoms with Crippen LogP contribution in [0.1, 0.15) is 27.2 Å². The number of hydrogen-bond donors (Lipinski definition) is 1. The summed E-state index contributed by atoms with van der Waals surface area (Å²) >= 11 is 0. The Morgan fingerprint density at radius 3 is 2.20 bits per heavy atom. The Balaban J connectivity index is 2.92. The van der Waals surface area contributed by atoms with Gasteiger partial charge in [-0.15, -0.1) is 6.58 Å². The van der Waals surface area contributed by atoms with E-state index < -0.39 is 48.6 Å². The van der Waals surface area contributed by atoms with E-state index in [4.69, 9.17) is 23.7 Å². The van der Waals surface area contributed by atoms with E-state index in [2.05, 4.69) is 6.58 Å². The van der Waals surface area contributed by atoms with Crippen molar-refractivity contribution in [3.05, 3.63) is 12.7 Å². The van der Waals surface area contributed by atoms with E-state index in [1.807, 2.05) is 0 Å². The Morgan fingerprint density at radius 1 is 1.12 bits per heavy atom. The summed E-state index contributed by atoms with van der Waals surface area (Å²) in [7, 11) is 0. The van der Waals surface area contributed by atoms with Crippen LogP contribution < -0.4 is 0 Å². The standard InChI is InChI=1S/C16H24O9/c1-5-6-12(20)7-21-16-15(25-11(4)19)14(24-10(3)18)13(8-22-16)23-9(2)17/h5,12-16,20H,1,6-8H2,2-4H3/t12-,13+,14-,15+,16+/m0/s1. The van der Waals surface area contributed by atoms with Crippen molar-refractivity contribution in [1.82, 2.24) is 0 Å². The first-order valence-corrected chi connectivity index (χ1v) is 7.78. The van der Waals surface area contributed by atoms with Crippen LogP contribution in [0.15, 0.2) is 12.7 Å². The molecule has 0 radical (unpaired) electrons. The van der Waals surface area contributed by atoms with Gasteiger partial charge in [-0.2, -0.15) is 0 Å². The highest BCUT2D eigenvalue weighted by Gasteiger charge is 2.47. The van der Waals surface area contributed by atoms with Crippen molar-refractivity contribution in [1.29, 1.82) is 0 Å². The Bertz CT molecular complexity index is 490. The molecule has 142 valence electrons. The number of esters is 3. The summed E-state index contributed by atoms with van der Waals surface area (Å²) in [6.07, 6.45) is -3.30. The minimum atomic E-state index is -1.16. The molecule has 9 nitrogen and oxygen atoms in total. The predicted octanol–water partition coefficient (Wildman–Crippen LogP) is 0.0914. The van der Waals surface area contributed by atoms with Crippen LogP contribution in [-0.2, 0) is 38.1 Å². The molecule has 1 aliphatic heterocycles. The van der Waals surface area contributed by atoms with Gasteiger partial charge >= 0.3 is 17.9 Å². The molecule has 1 fully saturated rings. The summed E-state index contributed by atoms with van der Waals surface area (Å²) in [4.78, 5) is 34.1. The third-order valence-electron chi connectivity index (χ3n) is 3.20. The number of aliphatic hydroxyl groups excluding tert-OH is 1. The van der Waals surface area contributed by atoms with E-state index in [1.165, 1.54) is 26.8 Å². The van der Waals surface area contributed by atoms with E-state index in [-0.39, 0.29) is 13.2 Å². The first kappa shape index (κ1) is 21.1. The summed E-state index contributed by atoms with van der Waals surface area (Å²) in [6, 6.07) is 0. The summed E-state index contributed by atoms with van der Waals surface area (Å²) in [5, 5.41) is 9.72. The maximum atomic E-state index is 11.4. The maximum absolute atomic E-state index is 11.4. The van der Waals surface area contributed by atoms with E-state index in [1.54, 1.807) is 0 Å². The van der Waals surface area contributed by atoms with Gasteiger partial charge in [-0.3, -0.25) is 14.4 Å². The number of carbonyl (C=O) groups excluding carboxylic acids is 3. The molecule has 0 saturated carbocycles. The van der Waals surface area contributed by atoms with E-state index >= 15 is 0 Å². The third-order valence-corrected chi connectivity index (χ3v) is 3.20. The SMILES string of the molecule is C=CC[C@H](O)CO[C@@H]1OC[C@@H](OC(C)=O)[C@H](OC(C)=O)[C@H]1OC(C)=O. The summed E-state index contributed by atoms with van der Waals surface area (Å²) in [6.45, 7) is 6.81. The van der Waals surface area contributed by atoms with Crippen LogP contribution in [0.3, 0.4) is 0 Å². The van der Waals surface area contributed by atoms with Crippen LogP contribution in [-0.4, -0.2) is 66.9 Å². The fourth-order valence-corrected chi connectivity index (χ4v) is 2.32. The lowest BCUT2D eigenvalue weighted by atomic mass is 10.0. The Hall–Kier alpha value is -1.97. The lowest BCUT2D eigenvalue weighted by molar-refractivity contribution is -0.284. The van der Waals surface area contributed by atoms with Crippen molar-refractivity contribution in [3.8, 4) is 0 Å². The topological polar surface area (TPSA) is 118 Å². The maximum Gasteiger partial charge on any atom is 0.303 e. The lowest BCUT2D eigenvalue weighted by Gasteiger charge is -2.40. The molecule has 0 aromatic carbocycles. The molecule has 9 heteroatoms. The normalized spacial score (nSPS) is 27.0. The minimum Gasteiger partial charge on any atom is -0.456 e. The molecule has 0 amide bonds. The molecule has 1 saturated heterocycles. The summed E-state index contributed by atoms with van der Waals surface area (Å²) < 4.78 is 26.3. The Morgan fingerprint density at radius 2 is 1.68 bits per heavy atom. The fourth-order valence-electron chi connectivity index (χ4n) is 2.32. The quantitative estimate of drug-likeness (QED) is 0.365. The van der Waals surface area contributed by atoms with Gasteiger partial charge in [0.1, 0.15) is 0 Å². The zero-order chi connectivity index (χ0) is 19.0. The van der Waals surface area contributed by atoms with Crippen molar-refractivity contribution in [2.75, 3.05) is 13.2 Å². The van der Waals surface area contributed by atoms with Crippen LogP contribution in [0.2, 0.25) is 0 Å². The Kier molecular flexibility index (Phi) is 8.53. The molecule has 1 rings (SSSR count).